The van der Waals surface area contributed by atoms with Gasteiger partial charge >= 0.3 is 0 Å². The molecule has 1 heteroatoms. The molecule has 0 amide bonds. The zero-order valence-electron chi connectivity index (χ0n) is 10.5. The molecule has 1 aromatic carbocycles. The van der Waals surface area contributed by atoms with E-state index in [-0.39, 0.29) is 0 Å². The van der Waals surface area contributed by atoms with Crippen LogP contribution in [0.15, 0.2) is 30.3 Å². The molecular weight excluding hydrogens is 196 g/mol. The SMILES string of the molecule is CCCCCCCCOCc1ccccc1. The monoisotopic (exact) mass is 220 g/mol. The van der Waals surface area contributed by atoms with Crippen LogP contribution in [-0.2, 0) is 11.3 Å². The summed E-state index contributed by atoms with van der Waals surface area (Å²) in [7, 11) is 0. The van der Waals surface area contributed by atoms with E-state index in [1.807, 2.05) is 6.07 Å². The van der Waals surface area contributed by atoms with E-state index in [1.165, 1.54) is 44.1 Å². The molecule has 0 aromatic heterocycles. The van der Waals surface area contributed by atoms with E-state index in [0.717, 1.165) is 13.2 Å². The topological polar surface area (TPSA) is 9.23 Å². The van der Waals surface area contributed by atoms with Crippen molar-refractivity contribution in [2.45, 2.75) is 52.1 Å². The summed E-state index contributed by atoms with van der Waals surface area (Å²) >= 11 is 0. The van der Waals surface area contributed by atoms with Gasteiger partial charge in [-0.3, -0.25) is 0 Å². The van der Waals surface area contributed by atoms with E-state index >= 15 is 0 Å². The van der Waals surface area contributed by atoms with Crippen LogP contribution >= 0.6 is 0 Å². The van der Waals surface area contributed by atoms with Gasteiger partial charge in [-0.1, -0.05) is 69.4 Å². The lowest BCUT2D eigenvalue weighted by molar-refractivity contribution is 0.116. The van der Waals surface area contributed by atoms with Gasteiger partial charge in [-0.25, -0.2) is 0 Å². The predicted molar refractivity (Wildman–Crippen MR) is 69.5 cm³/mol. The third kappa shape index (κ3) is 6.62. The van der Waals surface area contributed by atoms with Crippen molar-refractivity contribution >= 4 is 0 Å². The minimum absolute atomic E-state index is 0.760. The van der Waals surface area contributed by atoms with E-state index in [4.69, 9.17) is 4.74 Å². The molecule has 0 saturated carbocycles. The van der Waals surface area contributed by atoms with Gasteiger partial charge in [0.25, 0.3) is 0 Å². The average Bonchev–Trinajstić information content (AvgIpc) is 2.34. The summed E-state index contributed by atoms with van der Waals surface area (Å²) < 4.78 is 5.63. The van der Waals surface area contributed by atoms with Crippen molar-refractivity contribution in [3.8, 4) is 0 Å². The molecule has 0 aliphatic rings. The fourth-order valence-electron chi connectivity index (χ4n) is 1.75. The van der Waals surface area contributed by atoms with E-state index in [9.17, 15) is 0 Å². The molecule has 1 nitrogen and oxygen atoms in total. The molecule has 0 N–H and O–H groups in total. The van der Waals surface area contributed by atoms with Crippen LogP contribution in [0.4, 0.5) is 0 Å². The van der Waals surface area contributed by atoms with E-state index in [2.05, 4.69) is 31.2 Å². The van der Waals surface area contributed by atoms with Gasteiger partial charge in [-0.2, -0.15) is 0 Å². The highest BCUT2D eigenvalue weighted by atomic mass is 16.5. The summed E-state index contributed by atoms with van der Waals surface area (Å²) in [6.45, 7) is 3.92. The molecule has 0 heterocycles. The summed E-state index contributed by atoms with van der Waals surface area (Å²) in [6, 6.07) is 10.4. The molecule has 0 radical (unpaired) electrons. The average molecular weight is 220 g/mol. The second-order valence-electron chi connectivity index (χ2n) is 4.31. The molecule has 0 aliphatic heterocycles. The molecule has 0 saturated heterocycles. The maximum atomic E-state index is 5.63. The van der Waals surface area contributed by atoms with Gasteiger partial charge in [-0.15, -0.1) is 0 Å². The van der Waals surface area contributed by atoms with Crippen LogP contribution in [0.25, 0.3) is 0 Å². The fourth-order valence-corrected chi connectivity index (χ4v) is 1.75. The number of hydrogen-bond donors (Lipinski definition) is 0. The van der Waals surface area contributed by atoms with Gasteiger partial charge in [-0.05, 0) is 12.0 Å². The fraction of sp³-hybridized carbons (Fsp3) is 0.600. The Morgan fingerprint density at radius 1 is 0.875 bits per heavy atom. The van der Waals surface area contributed by atoms with Crippen molar-refractivity contribution in [2.75, 3.05) is 6.61 Å². The van der Waals surface area contributed by atoms with Crippen LogP contribution in [0.2, 0.25) is 0 Å². The Morgan fingerprint density at radius 3 is 2.31 bits per heavy atom. The zero-order chi connectivity index (χ0) is 11.5. The highest BCUT2D eigenvalue weighted by Crippen LogP contribution is 2.06. The lowest BCUT2D eigenvalue weighted by atomic mass is 10.1. The largest absolute Gasteiger partial charge is 0.377 e. The molecule has 0 spiro atoms. The normalized spacial score (nSPS) is 10.6. The third-order valence-electron chi connectivity index (χ3n) is 2.75. The molecule has 1 rings (SSSR count). The summed E-state index contributed by atoms with van der Waals surface area (Å²) in [5, 5.41) is 0. The minimum atomic E-state index is 0.760. The summed E-state index contributed by atoms with van der Waals surface area (Å²) in [6.07, 6.45) is 7.97. The minimum Gasteiger partial charge on any atom is -0.377 e. The Kier molecular flexibility index (Phi) is 7.79. The Labute approximate surface area is 99.8 Å². The van der Waals surface area contributed by atoms with Crippen LogP contribution in [0.5, 0.6) is 0 Å². The van der Waals surface area contributed by atoms with Crippen LogP contribution in [0.1, 0.15) is 51.0 Å². The summed E-state index contributed by atoms with van der Waals surface area (Å²) in [5.74, 6) is 0. The molecule has 0 bridgehead atoms. The number of rotatable bonds is 9. The first-order valence-electron chi connectivity index (χ1n) is 6.55. The lowest BCUT2D eigenvalue weighted by Gasteiger charge is -2.04. The standard InChI is InChI=1S/C15H24O/c1-2-3-4-5-6-10-13-16-14-15-11-8-7-9-12-15/h7-9,11-12H,2-6,10,13-14H2,1H3. The summed E-state index contributed by atoms with van der Waals surface area (Å²) in [4.78, 5) is 0. The van der Waals surface area contributed by atoms with Crippen LogP contribution < -0.4 is 0 Å². The van der Waals surface area contributed by atoms with Gasteiger partial charge in [0.1, 0.15) is 0 Å². The summed E-state index contributed by atoms with van der Waals surface area (Å²) in [5.41, 5.74) is 1.27. The van der Waals surface area contributed by atoms with Crippen LogP contribution in [-0.4, -0.2) is 6.61 Å². The molecule has 1 aromatic rings. The molecule has 90 valence electrons. The lowest BCUT2D eigenvalue weighted by Crippen LogP contribution is -1.95. The Morgan fingerprint density at radius 2 is 1.56 bits per heavy atom. The van der Waals surface area contributed by atoms with Crippen molar-refractivity contribution in [3.05, 3.63) is 35.9 Å². The molecule has 0 unspecified atom stereocenters. The molecule has 0 atom stereocenters. The molecule has 0 aliphatic carbocycles. The van der Waals surface area contributed by atoms with E-state index < -0.39 is 0 Å². The van der Waals surface area contributed by atoms with Gasteiger partial charge in [0.05, 0.1) is 6.61 Å². The van der Waals surface area contributed by atoms with Gasteiger partial charge in [0.15, 0.2) is 0 Å². The molecular formula is C15H24O. The Bertz CT molecular complexity index is 243. The number of benzene rings is 1. The quantitative estimate of drug-likeness (QED) is 0.554. The number of ether oxygens (including phenoxy) is 1. The first kappa shape index (κ1) is 13.2. The Balaban J connectivity index is 1.89. The Hall–Kier alpha value is -0.820. The number of hydrogen-bond acceptors (Lipinski definition) is 1. The maximum Gasteiger partial charge on any atom is 0.0716 e. The molecule has 0 fully saturated rings. The van der Waals surface area contributed by atoms with Crippen molar-refractivity contribution in [2.24, 2.45) is 0 Å². The van der Waals surface area contributed by atoms with Crippen LogP contribution in [0, 0.1) is 0 Å². The third-order valence-corrected chi connectivity index (χ3v) is 2.75. The van der Waals surface area contributed by atoms with Crippen molar-refractivity contribution in [3.63, 3.8) is 0 Å². The first-order valence-corrected chi connectivity index (χ1v) is 6.55. The first-order chi connectivity index (χ1) is 7.93. The predicted octanol–water partition coefficient (Wildman–Crippen LogP) is 4.56. The van der Waals surface area contributed by atoms with Crippen molar-refractivity contribution in [1.82, 2.24) is 0 Å². The van der Waals surface area contributed by atoms with E-state index in [1.54, 1.807) is 0 Å². The van der Waals surface area contributed by atoms with Crippen LogP contribution in [0.3, 0.4) is 0 Å². The smallest absolute Gasteiger partial charge is 0.0716 e. The second kappa shape index (κ2) is 9.41. The second-order valence-corrected chi connectivity index (χ2v) is 4.31. The highest BCUT2D eigenvalue weighted by Gasteiger charge is 1.92. The molecule has 16 heavy (non-hydrogen) atoms. The van der Waals surface area contributed by atoms with Crippen molar-refractivity contribution < 1.29 is 4.74 Å². The number of unbranched alkanes of at least 4 members (excludes halogenated alkanes) is 5. The van der Waals surface area contributed by atoms with Gasteiger partial charge in [0.2, 0.25) is 0 Å². The maximum absolute atomic E-state index is 5.63. The van der Waals surface area contributed by atoms with Crippen molar-refractivity contribution in [1.29, 1.82) is 0 Å². The van der Waals surface area contributed by atoms with Gasteiger partial charge in [0, 0.05) is 6.61 Å². The van der Waals surface area contributed by atoms with E-state index in [0.29, 0.717) is 0 Å². The van der Waals surface area contributed by atoms with Gasteiger partial charge < -0.3 is 4.74 Å². The zero-order valence-corrected chi connectivity index (χ0v) is 10.5. The highest BCUT2D eigenvalue weighted by molar-refractivity contribution is 5.13.